The van der Waals surface area contributed by atoms with Crippen LogP contribution < -0.4 is 5.73 Å². The maximum Gasteiger partial charge on any atom is 0.361 e. The topological polar surface area (TPSA) is 204 Å². The average Bonchev–Trinajstić information content (AvgIpc) is 3.36. The molecular formula is C26H36N5O10P. The highest BCUT2D eigenvalue weighted by Gasteiger charge is 2.29. The summed E-state index contributed by atoms with van der Waals surface area (Å²) in [6, 6.07) is 8.30. The molecule has 2 heterocycles. The fourth-order valence-electron chi connectivity index (χ4n) is 2.94. The summed E-state index contributed by atoms with van der Waals surface area (Å²) >= 11 is 0. The van der Waals surface area contributed by atoms with Gasteiger partial charge in [-0.25, -0.2) is 19.7 Å². The summed E-state index contributed by atoms with van der Waals surface area (Å²) in [5.74, 6) is -2.47. The van der Waals surface area contributed by atoms with Gasteiger partial charge < -0.3 is 29.6 Å². The molecule has 230 valence electrons. The second kappa shape index (κ2) is 16.5. The first-order valence-electron chi connectivity index (χ1n) is 12.9. The number of hydrogen-bond donors (Lipinski definition) is 2. The molecule has 0 radical (unpaired) electrons. The van der Waals surface area contributed by atoms with Gasteiger partial charge in [0.1, 0.15) is 18.2 Å². The molecule has 3 N–H and O–H groups in total. The molecule has 2 aromatic heterocycles. The summed E-state index contributed by atoms with van der Waals surface area (Å²) in [7, 11) is -3.94. The maximum absolute atomic E-state index is 13.1. The Labute approximate surface area is 242 Å². The van der Waals surface area contributed by atoms with Crippen molar-refractivity contribution in [2.75, 3.05) is 25.7 Å². The number of aromatic carboxylic acids is 1. The van der Waals surface area contributed by atoms with Gasteiger partial charge in [0.15, 0.2) is 11.5 Å². The Morgan fingerprint density at radius 3 is 2.00 bits per heavy atom. The summed E-state index contributed by atoms with van der Waals surface area (Å²) in [6.45, 7) is 7.41. The van der Waals surface area contributed by atoms with Gasteiger partial charge in [0.2, 0.25) is 13.6 Å². The van der Waals surface area contributed by atoms with Crippen LogP contribution in [0.4, 0.5) is 5.82 Å². The fraction of sp³-hybridized carbons (Fsp3) is 0.462. The standard InChI is InChI=1S/C19H30N5O8P.C7H6O2/c1-12(2)18(25)28-9-31-33(27,32-10-29-19(26)13(3)4)11-30-14(5)6-24-8-23-15-16(20)21-7-22-17(15)24;8-7(9)6-4-2-1-3-5-6/h7-8,12-14H,6,9-11H2,1-5H3,(H2,20,21,22);1-5H,(H,8,9)/t14-;/m1./s1. The molecule has 0 aliphatic carbocycles. The van der Waals surface area contributed by atoms with Crippen LogP contribution in [0.2, 0.25) is 0 Å². The van der Waals surface area contributed by atoms with E-state index in [1.54, 1.807) is 75.8 Å². The van der Waals surface area contributed by atoms with Crippen molar-refractivity contribution in [2.45, 2.75) is 47.3 Å². The number of carbonyl (C=O) groups is 3. The molecule has 0 unspecified atom stereocenters. The Kier molecular flexibility index (Phi) is 13.5. The van der Waals surface area contributed by atoms with E-state index < -0.39 is 51.5 Å². The zero-order valence-electron chi connectivity index (χ0n) is 24.0. The number of anilines is 1. The molecule has 15 nitrogen and oxygen atoms in total. The Hall–Kier alpha value is -3.91. The summed E-state index contributed by atoms with van der Waals surface area (Å²) in [5, 5.41) is 8.38. The van der Waals surface area contributed by atoms with Crippen LogP contribution in [0.1, 0.15) is 45.0 Å². The molecule has 1 atom stereocenters. The zero-order valence-corrected chi connectivity index (χ0v) is 24.9. The van der Waals surface area contributed by atoms with E-state index in [1.165, 1.54) is 6.33 Å². The minimum atomic E-state index is -3.94. The lowest BCUT2D eigenvalue weighted by atomic mass is 10.2. The number of carboxylic acid groups (broad SMARTS) is 1. The normalized spacial score (nSPS) is 12.1. The van der Waals surface area contributed by atoms with E-state index in [0.29, 0.717) is 23.3 Å². The number of carboxylic acids is 1. The summed E-state index contributed by atoms with van der Waals surface area (Å²) < 4.78 is 40.6. The number of esters is 2. The van der Waals surface area contributed by atoms with Crippen molar-refractivity contribution in [2.24, 2.45) is 11.8 Å². The molecule has 1 aromatic carbocycles. The monoisotopic (exact) mass is 609 g/mol. The van der Waals surface area contributed by atoms with E-state index in [4.69, 9.17) is 34.1 Å². The molecule has 0 saturated heterocycles. The second-order valence-corrected chi connectivity index (χ2v) is 11.4. The quantitative estimate of drug-likeness (QED) is 0.152. The Morgan fingerprint density at radius 1 is 0.929 bits per heavy atom. The Bertz CT molecular complexity index is 1340. The molecule has 0 bridgehead atoms. The van der Waals surface area contributed by atoms with Crippen molar-refractivity contribution in [3.05, 3.63) is 48.5 Å². The van der Waals surface area contributed by atoms with Gasteiger partial charge in [0.05, 0.1) is 36.4 Å². The van der Waals surface area contributed by atoms with Crippen LogP contribution in [0.15, 0.2) is 43.0 Å². The number of nitrogens with two attached hydrogens (primary N) is 1. The Morgan fingerprint density at radius 2 is 1.50 bits per heavy atom. The van der Waals surface area contributed by atoms with Crippen molar-refractivity contribution in [3.63, 3.8) is 0 Å². The van der Waals surface area contributed by atoms with Gasteiger partial charge in [-0.1, -0.05) is 45.9 Å². The molecule has 16 heteroatoms. The van der Waals surface area contributed by atoms with Crippen LogP contribution in [-0.2, 0) is 44.0 Å². The molecule has 3 rings (SSSR count). The molecular weight excluding hydrogens is 573 g/mol. The second-order valence-electron chi connectivity index (χ2n) is 9.45. The van der Waals surface area contributed by atoms with Crippen molar-refractivity contribution in [1.29, 1.82) is 0 Å². The lowest BCUT2D eigenvalue weighted by Gasteiger charge is -2.21. The van der Waals surface area contributed by atoms with E-state index >= 15 is 0 Å². The summed E-state index contributed by atoms with van der Waals surface area (Å²) in [4.78, 5) is 45.7. The molecule has 3 aromatic rings. The Balaban J connectivity index is 0.000000581. The third kappa shape index (κ3) is 11.2. The number of carbonyl (C=O) groups excluding carboxylic acids is 2. The number of benzene rings is 1. The van der Waals surface area contributed by atoms with Crippen molar-refractivity contribution >= 4 is 42.5 Å². The van der Waals surface area contributed by atoms with Gasteiger partial charge in [-0.2, -0.15) is 0 Å². The lowest BCUT2D eigenvalue weighted by molar-refractivity contribution is -0.156. The number of imidazole rings is 1. The number of aromatic nitrogens is 4. The summed E-state index contributed by atoms with van der Waals surface area (Å²) in [5.41, 5.74) is 7.10. The van der Waals surface area contributed by atoms with E-state index in [2.05, 4.69) is 15.0 Å². The van der Waals surface area contributed by atoms with Crippen LogP contribution in [0, 0.1) is 11.8 Å². The average molecular weight is 610 g/mol. The van der Waals surface area contributed by atoms with Gasteiger partial charge in [-0.3, -0.25) is 23.2 Å². The van der Waals surface area contributed by atoms with E-state index in [9.17, 15) is 18.9 Å². The molecule has 0 fully saturated rings. The molecule has 0 spiro atoms. The van der Waals surface area contributed by atoms with Crippen LogP contribution in [0.3, 0.4) is 0 Å². The highest BCUT2D eigenvalue weighted by Crippen LogP contribution is 2.48. The first-order valence-corrected chi connectivity index (χ1v) is 14.6. The number of rotatable bonds is 14. The minimum Gasteiger partial charge on any atom is -0.478 e. The van der Waals surface area contributed by atoms with Gasteiger partial charge in [0.25, 0.3) is 0 Å². The number of fused-ring (bicyclic) bond motifs is 1. The SMILES string of the molecule is CC(C)C(=O)OCOP(=O)(CO[C@H](C)Cn1cnc2c(N)ncnc21)OCOC(=O)C(C)C.O=C(O)c1ccccc1. The van der Waals surface area contributed by atoms with Gasteiger partial charge in [0, 0.05) is 0 Å². The fourth-order valence-corrected chi connectivity index (χ4v) is 4.02. The van der Waals surface area contributed by atoms with Gasteiger partial charge in [-0.15, -0.1) is 0 Å². The van der Waals surface area contributed by atoms with E-state index in [0.717, 1.165) is 0 Å². The largest absolute Gasteiger partial charge is 0.478 e. The molecule has 0 aliphatic rings. The zero-order chi connectivity index (χ0) is 31.3. The number of ether oxygens (including phenoxy) is 3. The predicted octanol–water partition coefficient (Wildman–Crippen LogP) is 3.70. The maximum atomic E-state index is 13.1. The third-order valence-corrected chi connectivity index (χ3v) is 6.73. The van der Waals surface area contributed by atoms with Gasteiger partial charge >= 0.3 is 25.5 Å². The molecule has 42 heavy (non-hydrogen) atoms. The molecule has 0 amide bonds. The predicted molar refractivity (Wildman–Crippen MR) is 150 cm³/mol. The van der Waals surface area contributed by atoms with Gasteiger partial charge in [-0.05, 0) is 19.1 Å². The molecule has 0 saturated carbocycles. The smallest absolute Gasteiger partial charge is 0.361 e. The third-order valence-electron chi connectivity index (χ3n) is 5.27. The lowest BCUT2D eigenvalue weighted by Crippen LogP contribution is -2.20. The number of hydrogen-bond acceptors (Lipinski definition) is 13. The van der Waals surface area contributed by atoms with Crippen LogP contribution in [0.5, 0.6) is 0 Å². The van der Waals surface area contributed by atoms with Crippen LogP contribution in [-0.4, -0.2) is 68.6 Å². The highest BCUT2D eigenvalue weighted by molar-refractivity contribution is 7.53. The van der Waals surface area contributed by atoms with Crippen molar-refractivity contribution in [3.8, 4) is 0 Å². The van der Waals surface area contributed by atoms with Crippen molar-refractivity contribution < 1.29 is 47.3 Å². The van der Waals surface area contributed by atoms with Crippen LogP contribution >= 0.6 is 7.60 Å². The first-order chi connectivity index (χ1) is 19.8. The number of nitrogens with zero attached hydrogens (tertiary/aromatic N) is 4. The summed E-state index contributed by atoms with van der Waals surface area (Å²) in [6.07, 6.45) is 1.92. The van der Waals surface area contributed by atoms with E-state index in [1.807, 2.05) is 0 Å². The first kappa shape index (κ1) is 34.3. The number of nitrogen functional groups attached to an aromatic ring is 1. The van der Waals surface area contributed by atoms with Crippen molar-refractivity contribution in [1.82, 2.24) is 19.5 Å². The minimum absolute atomic E-state index is 0.255. The molecule has 0 aliphatic heterocycles. The highest BCUT2D eigenvalue weighted by atomic mass is 31.2. The van der Waals surface area contributed by atoms with E-state index in [-0.39, 0.29) is 17.7 Å². The van der Waals surface area contributed by atoms with Crippen LogP contribution in [0.25, 0.3) is 11.2 Å².